The molecule has 14 heavy (non-hydrogen) atoms. The van der Waals surface area contributed by atoms with Crippen molar-refractivity contribution in [2.24, 2.45) is 0 Å². The summed E-state index contributed by atoms with van der Waals surface area (Å²) in [5.74, 6) is 0. The molecule has 2 nitrogen and oxygen atoms in total. The number of benzene rings is 1. The van der Waals surface area contributed by atoms with Gasteiger partial charge in [0.1, 0.15) is 0 Å². The van der Waals surface area contributed by atoms with E-state index in [-0.39, 0.29) is 0 Å². The zero-order valence-electron chi connectivity index (χ0n) is 8.00. The van der Waals surface area contributed by atoms with E-state index in [4.69, 9.17) is 11.6 Å². The number of aromatic nitrogens is 2. The predicted molar refractivity (Wildman–Crippen MR) is 58.5 cm³/mol. The highest BCUT2D eigenvalue weighted by molar-refractivity contribution is 6.31. The standard InChI is InChI=1S/C11H11ClN2/c1-2-3-9-7-13-10-5-4-8(12)6-11(10)14-9/h4-7H,2-3H2,1H3. The zero-order chi connectivity index (χ0) is 9.97. The van der Waals surface area contributed by atoms with Gasteiger partial charge in [-0.05, 0) is 24.6 Å². The van der Waals surface area contributed by atoms with Crippen LogP contribution in [0.5, 0.6) is 0 Å². The van der Waals surface area contributed by atoms with Crippen LogP contribution < -0.4 is 0 Å². The average molecular weight is 207 g/mol. The fourth-order valence-electron chi connectivity index (χ4n) is 1.40. The van der Waals surface area contributed by atoms with E-state index in [1.807, 2.05) is 24.4 Å². The Morgan fingerprint density at radius 2 is 2.14 bits per heavy atom. The van der Waals surface area contributed by atoms with Crippen LogP contribution >= 0.6 is 11.6 Å². The van der Waals surface area contributed by atoms with Gasteiger partial charge in [-0.15, -0.1) is 0 Å². The minimum Gasteiger partial charge on any atom is -0.253 e. The molecule has 0 saturated heterocycles. The van der Waals surface area contributed by atoms with Crippen LogP contribution in [0.3, 0.4) is 0 Å². The van der Waals surface area contributed by atoms with Gasteiger partial charge in [0.05, 0.1) is 16.7 Å². The Labute approximate surface area is 88.0 Å². The van der Waals surface area contributed by atoms with E-state index in [2.05, 4.69) is 16.9 Å². The molecule has 0 amide bonds. The first-order chi connectivity index (χ1) is 6.79. The molecule has 0 spiro atoms. The molecule has 3 heteroatoms. The predicted octanol–water partition coefficient (Wildman–Crippen LogP) is 3.24. The van der Waals surface area contributed by atoms with Crippen LogP contribution in [0.2, 0.25) is 5.02 Å². The summed E-state index contributed by atoms with van der Waals surface area (Å²) in [5.41, 5.74) is 2.81. The van der Waals surface area contributed by atoms with Crippen molar-refractivity contribution in [1.29, 1.82) is 0 Å². The van der Waals surface area contributed by atoms with Gasteiger partial charge in [0, 0.05) is 11.2 Å². The van der Waals surface area contributed by atoms with Crippen molar-refractivity contribution < 1.29 is 0 Å². The number of rotatable bonds is 2. The third-order valence-electron chi connectivity index (χ3n) is 2.06. The molecule has 0 radical (unpaired) electrons. The second kappa shape index (κ2) is 3.93. The molecule has 0 atom stereocenters. The summed E-state index contributed by atoms with van der Waals surface area (Å²) < 4.78 is 0. The normalized spacial score (nSPS) is 10.7. The van der Waals surface area contributed by atoms with Crippen molar-refractivity contribution in [3.05, 3.63) is 35.1 Å². The molecule has 0 N–H and O–H groups in total. The zero-order valence-corrected chi connectivity index (χ0v) is 8.75. The van der Waals surface area contributed by atoms with Crippen molar-refractivity contribution in [3.63, 3.8) is 0 Å². The minimum atomic E-state index is 0.709. The highest BCUT2D eigenvalue weighted by Crippen LogP contribution is 2.16. The number of fused-ring (bicyclic) bond motifs is 1. The Bertz CT molecular complexity index is 454. The van der Waals surface area contributed by atoms with Crippen molar-refractivity contribution in [2.45, 2.75) is 19.8 Å². The molecule has 2 rings (SSSR count). The van der Waals surface area contributed by atoms with Gasteiger partial charge in [-0.1, -0.05) is 24.9 Å². The Kier molecular flexibility index (Phi) is 2.64. The number of halogens is 1. The summed E-state index contributed by atoms with van der Waals surface area (Å²) in [5, 5.41) is 0.709. The average Bonchev–Trinajstić information content (AvgIpc) is 2.17. The van der Waals surface area contributed by atoms with Crippen LogP contribution in [0.1, 0.15) is 19.0 Å². The molecule has 0 aliphatic carbocycles. The number of nitrogens with zero attached hydrogens (tertiary/aromatic N) is 2. The van der Waals surface area contributed by atoms with Crippen molar-refractivity contribution in [3.8, 4) is 0 Å². The molecule has 0 saturated carbocycles. The Hall–Kier alpha value is -1.15. The maximum Gasteiger partial charge on any atom is 0.0904 e. The molecule has 0 fully saturated rings. The molecule has 1 heterocycles. The monoisotopic (exact) mass is 206 g/mol. The molecule has 1 aromatic carbocycles. The van der Waals surface area contributed by atoms with E-state index in [1.165, 1.54) is 0 Å². The van der Waals surface area contributed by atoms with Crippen LogP contribution in [0, 0.1) is 0 Å². The third-order valence-corrected chi connectivity index (χ3v) is 2.30. The summed E-state index contributed by atoms with van der Waals surface area (Å²) >= 11 is 5.88. The summed E-state index contributed by atoms with van der Waals surface area (Å²) in [6.45, 7) is 2.13. The molecule has 0 unspecified atom stereocenters. The lowest BCUT2D eigenvalue weighted by atomic mass is 10.2. The Balaban J connectivity index is 2.52. The molecule has 0 aliphatic rings. The second-order valence-corrected chi connectivity index (χ2v) is 3.68. The maximum absolute atomic E-state index is 5.88. The third kappa shape index (κ3) is 1.85. The number of hydrogen-bond donors (Lipinski definition) is 0. The summed E-state index contributed by atoms with van der Waals surface area (Å²) in [4.78, 5) is 8.80. The van der Waals surface area contributed by atoms with Crippen LogP contribution in [-0.4, -0.2) is 9.97 Å². The van der Waals surface area contributed by atoms with Crippen molar-refractivity contribution in [1.82, 2.24) is 9.97 Å². The van der Waals surface area contributed by atoms with Crippen LogP contribution in [0.25, 0.3) is 11.0 Å². The van der Waals surface area contributed by atoms with Crippen molar-refractivity contribution in [2.75, 3.05) is 0 Å². The van der Waals surface area contributed by atoms with Gasteiger partial charge < -0.3 is 0 Å². The van der Waals surface area contributed by atoms with Crippen molar-refractivity contribution >= 4 is 22.6 Å². The van der Waals surface area contributed by atoms with Crippen LogP contribution in [0.15, 0.2) is 24.4 Å². The Morgan fingerprint density at radius 1 is 1.29 bits per heavy atom. The molecule has 2 aromatic rings. The molecule has 72 valence electrons. The highest BCUT2D eigenvalue weighted by atomic mass is 35.5. The van der Waals surface area contributed by atoms with Crippen LogP contribution in [-0.2, 0) is 6.42 Å². The van der Waals surface area contributed by atoms with E-state index < -0.39 is 0 Å². The number of aryl methyl sites for hydroxylation is 1. The van der Waals surface area contributed by atoms with Gasteiger partial charge in [-0.3, -0.25) is 4.98 Å². The van der Waals surface area contributed by atoms with Gasteiger partial charge in [-0.25, -0.2) is 4.98 Å². The van der Waals surface area contributed by atoms with E-state index >= 15 is 0 Å². The first-order valence-corrected chi connectivity index (χ1v) is 5.08. The van der Waals surface area contributed by atoms with Gasteiger partial charge in [-0.2, -0.15) is 0 Å². The fraction of sp³-hybridized carbons (Fsp3) is 0.273. The highest BCUT2D eigenvalue weighted by Gasteiger charge is 1.99. The SMILES string of the molecule is CCCc1cnc2ccc(Cl)cc2n1. The summed E-state index contributed by atoms with van der Waals surface area (Å²) in [6, 6.07) is 5.57. The lowest BCUT2D eigenvalue weighted by Crippen LogP contribution is -1.92. The molecule has 1 aromatic heterocycles. The molecular weight excluding hydrogens is 196 g/mol. The fourth-order valence-corrected chi connectivity index (χ4v) is 1.57. The lowest BCUT2D eigenvalue weighted by molar-refractivity contribution is 0.881. The molecule has 0 aliphatic heterocycles. The molecule has 0 bridgehead atoms. The largest absolute Gasteiger partial charge is 0.253 e. The smallest absolute Gasteiger partial charge is 0.0904 e. The van der Waals surface area contributed by atoms with Gasteiger partial charge >= 0.3 is 0 Å². The molecular formula is C11H11ClN2. The lowest BCUT2D eigenvalue weighted by Gasteiger charge is -2.00. The van der Waals surface area contributed by atoms with Gasteiger partial charge in [0.2, 0.25) is 0 Å². The second-order valence-electron chi connectivity index (χ2n) is 3.24. The van der Waals surface area contributed by atoms with E-state index in [1.54, 1.807) is 0 Å². The van der Waals surface area contributed by atoms with E-state index in [0.29, 0.717) is 5.02 Å². The van der Waals surface area contributed by atoms with Gasteiger partial charge in [0.15, 0.2) is 0 Å². The first-order valence-electron chi connectivity index (χ1n) is 4.71. The topological polar surface area (TPSA) is 25.8 Å². The summed E-state index contributed by atoms with van der Waals surface area (Å²) in [7, 11) is 0. The van der Waals surface area contributed by atoms with Crippen LogP contribution in [0.4, 0.5) is 0 Å². The minimum absolute atomic E-state index is 0.709. The number of hydrogen-bond acceptors (Lipinski definition) is 2. The van der Waals surface area contributed by atoms with E-state index in [0.717, 1.165) is 29.6 Å². The Morgan fingerprint density at radius 3 is 2.93 bits per heavy atom. The first kappa shape index (κ1) is 9.41. The van der Waals surface area contributed by atoms with E-state index in [9.17, 15) is 0 Å². The maximum atomic E-state index is 5.88. The quantitative estimate of drug-likeness (QED) is 0.754. The summed E-state index contributed by atoms with van der Waals surface area (Å²) in [6.07, 6.45) is 3.88. The van der Waals surface area contributed by atoms with Gasteiger partial charge in [0.25, 0.3) is 0 Å².